The van der Waals surface area contributed by atoms with Gasteiger partial charge in [-0.05, 0) is 0 Å². The normalized spacial score (nSPS) is 26.5. The van der Waals surface area contributed by atoms with Crippen LogP contribution in [0.3, 0.4) is 0 Å². The van der Waals surface area contributed by atoms with E-state index in [9.17, 15) is 9.13 Å². The third-order valence-electron chi connectivity index (χ3n) is 7.46. The van der Waals surface area contributed by atoms with Gasteiger partial charge in [0.2, 0.25) is 0 Å². The van der Waals surface area contributed by atoms with Crippen molar-refractivity contribution >= 4 is 11.7 Å². The summed E-state index contributed by atoms with van der Waals surface area (Å²) < 4.78 is 27.6. The Morgan fingerprint density at radius 1 is 1.04 bits per heavy atom. The van der Waals surface area contributed by atoms with E-state index in [1.807, 2.05) is 18.2 Å². The summed E-state index contributed by atoms with van der Waals surface area (Å²) >= 11 is 0. The second-order valence-electron chi connectivity index (χ2n) is 13.2. The van der Waals surface area contributed by atoms with Crippen molar-refractivity contribution in [3.63, 3.8) is 0 Å². The van der Waals surface area contributed by atoms with E-state index in [0.717, 1.165) is 15.0 Å². The van der Waals surface area contributed by atoms with E-state index in [0.29, 0.717) is 6.42 Å². The Bertz CT molecular complexity index is 944. The molecular formula is C19H27O2PTi. The van der Waals surface area contributed by atoms with Gasteiger partial charge in [0.05, 0.1) is 0 Å². The zero-order chi connectivity index (χ0) is 17.3. The van der Waals surface area contributed by atoms with Gasteiger partial charge in [0.15, 0.2) is 0 Å². The summed E-state index contributed by atoms with van der Waals surface area (Å²) in [6.07, 6.45) is 11.1. The van der Waals surface area contributed by atoms with Crippen LogP contribution in [-0.2, 0) is 20.1 Å². The number of rotatable bonds is 3. The molecule has 4 heteroatoms. The summed E-state index contributed by atoms with van der Waals surface area (Å²) in [6.45, 7) is 0. The molecule has 1 unspecified atom stereocenters. The third-order valence-corrected chi connectivity index (χ3v) is 35.6. The fourth-order valence-electron chi connectivity index (χ4n) is 4.74. The molecule has 0 aromatic heterocycles. The van der Waals surface area contributed by atoms with Gasteiger partial charge in [-0.3, -0.25) is 0 Å². The number of benzene rings is 1. The maximum atomic E-state index is 13.3. The van der Waals surface area contributed by atoms with Crippen molar-refractivity contribution < 1.29 is 20.1 Å². The Morgan fingerprint density at radius 2 is 1.70 bits per heavy atom. The number of fused-ring (bicyclic) bond motifs is 1. The molecule has 0 saturated heterocycles. The van der Waals surface area contributed by atoms with Crippen LogP contribution >= 0.6 is 5.67 Å². The SMILES string of the molecule is [CH3][Ti]([CH3])([CH3])([CH3])([CH3])([C]1=CC=CC1)([CH]1C=Cc2ccccc21)[P](=O)=O. The molecule has 2 nitrogen and oxygen atoms in total. The molecule has 0 heterocycles. The second-order valence-corrected chi connectivity index (χ2v) is 57.4. The first-order valence-corrected chi connectivity index (χ1v) is 21.2. The van der Waals surface area contributed by atoms with Crippen molar-refractivity contribution in [2.45, 2.75) is 36.8 Å². The summed E-state index contributed by atoms with van der Waals surface area (Å²) in [7, 11) is -5.67. The summed E-state index contributed by atoms with van der Waals surface area (Å²) in [5, 5.41) is 10.5. The zero-order valence-corrected chi connectivity index (χ0v) is 17.2. The molecule has 0 bridgehead atoms. The van der Waals surface area contributed by atoms with Crippen molar-refractivity contribution in [3.05, 3.63) is 63.6 Å². The molecule has 1 aromatic rings. The van der Waals surface area contributed by atoms with Gasteiger partial charge in [-0.15, -0.1) is 0 Å². The topological polar surface area (TPSA) is 34.1 Å². The van der Waals surface area contributed by atoms with Gasteiger partial charge in [-0.25, -0.2) is 0 Å². The molecule has 0 fully saturated rings. The van der Waals surface area contributed by atoms with Gasteiger partial charge < -0.3 is 0 Å². The molecule has 1 atom stereocenters. The minimum absolute atomic E-state index is 0.133. The molecule has 124 valence electrons. The van der Waals surface area contributed by atoms with Crippen molar-refractivity contribution in [1.82, 2.24) is 0 Å². The van der Waals surface area contributed by atoms with Crippen molar-refractivity contribution in [2.75, 3.05) is 0 Å². The Balaban J connectivity index is 2.57. The fraction of sp³-hybridized carbons (Fsp3) is 0.368. The molecule has 2 aliphatic carbocycles. The quantitative estimate of drug-likeness (QED) is 0.418. The van der Waals surface area contributed by atoms with Crippen LogP contribution < -0.4 is 0 Å². The average Bonchev–Trinajstić information content (AvgIpc) is 3.09. The van der Waals surface area contributed by atoms with Crippen molar-refractivity contribution in [1.29, 1.82) is 0 Å². The second kappa shape index (κ2) is 3.12. The summed E-state index contributed by atoms with van der Waals surface area (Å²) in [6, 6.07) is 8.18. The fourth-order valence-corrected chi connectivity index (χ4v) is 18.7. The predicted molar refractivity (Wildman–Crippen MR) is 97.7 cm³/mol. The molecular weight excluding hydrogens is 339 g/mol. The first kappa shape index (κ1) is 16.9. The van der Waals surface area contributed by atoms with E-state index >= 15 is 0 Å². The number of hydrogen-bond acceptors (Lipinski definition) is 2. The molecule has 1 aromatic carbocycles. The predicted octanol–water partition coefficient (Wildman–Crippen LogP) is 7.22. The molecule has 0 saturated carbocycles. The van der Waals surface area contributed by atoms with Crippen LogP contribution in [0.25, 0.3) is 6.08 Å². The van der Waals surface area contributed by atoms with E-state index in [1.54, 1.807) is 0 Å². The third kappa shape index (κ3) is 1.65. The Kier molecular flexibility index (Phi) is 2.30. The van der Waals surface area contributed by atoms with Gasteiger partial charge in [0.1, 0.15) is 0 Å². The van der Waals surface area contributed by atoms with Crippen LogP contribution in [-0.4, -0.2) is 0 Å². The van der Waals surface area contributed by atoms with Crippen LogP contribution in [0.5, 0.6) is 0 Å². The van der Waals surface area contributed by atoms with Crippen molar-refractivity contribution in [2.24, 2.45) is 0 Å². The van der Waals surface area contributed by atoms with E-state index in [2.05, 4.69) is 62.6 Å². The maximum absolute atomic E-state index is 13.3. The first-order valence-electron chi connectivity index (χ1n) is 8.42. The van der Waals surface area contributed by atoms with Crippen LogP contribution in [0.15, 0.2) is 52.4 Å². The number of allylic oxidation sites excluding steroid dienone is 5. The molecule has 0 radical (unpaired) electrons. The van der Waals surface area contributed by atoms with Crippen LogP contribution in [0.2, 0.25) is 26.1 Å². The summed E-state index contributed by atoms with van der Waals surface area (Å²) in [5.74, 6) is 0. The molecule has 0 spiro atoms. The first-order chi connectivity index (χ1) is 10.2. The summed E-state index contributed by atoms with van der Waals surface area (Å²) in [4.78, 5) is 0. The van der Waals surface area contributed by atoms with Crippen LogP contribution in [0, 0.1) is 0 Å². The van der Waals surface area contributed by atoms with Gasteiger partial charge in [0.25, 0.3) is 0 Å². The molecule has 0 amide bonds. The van der Waals surface area contributed by atoms with Gasteiger partial charge in [0, 0.05) is 0 Å². The molecule has 2 aliphatic rings. The van der Waals surface area contributed by atoms with Gasteiger partial charge in [-0.1, -0.05) is 0 Å². The van der Waals surface area contributed by atoms with E-state index in [4.69, 9.17) is 0 Å². The summed E-state index contributed by atoms with van der Waals surface area (Å²) in [5.41, 5.74) is -0.441. The van der Waals surface area contributed by atoms with E-state index in [-0.39, 0.29) is 4.22 Å². The van der Waals surface area contributed by atoms with Crippen LogP contribution in [0.4, 0.5) is 0 Å². The Morgan fingerprint density at radius 3 is 2.26 bits per heavy atom. The monoisotopic (exact) mass is 366 g/mol. The molecule has 23 heavy (non-hydrogen) atoms. The molecule has 0 aliphatic heterocycles. The minimum atomic E-state index is -5.67. The Labute approximate surface area is 132 Å². The van der Waals surface area contributed by atoms with Crippen molar-refractivity contribution in [3.8, 4) is 0 Å². The number of hydrogen-bond donors (Lipinski definition) is 0. The Hall–Kier alpha value is -0.946. The van der Waals surface area contributed by atoms with E-state index < -0.39 is 16.6 Å². The van der Waals surface area contributed by atoms with Crippen LogP contribution in [0.1, 0.15) is 21.8 Å². The zero-order valence-electron chi connectivity index (χ0n) is 14.7. The standard InChI is InChI=1S/C9H7.C5H5.5CH3.O2P.Ti/c1-2-5-9-7-3-6-8(9)4-1;1-2-4-5-3-1;;;;;;1-3-2;/h1-7H;1-3H,4H2;5*1H3;;. The van der Waals surface area contributed by atoms with Gasteiger partial charge >= 0.3 is 132 Å². The average molecular weight is 366 g/mol. The van der Waals surface area contributed by atoms with Gasteiger partial charge in [-0.2, -0.15) is 0 Å². The molecule has 3 rings (SSSR count). The molecule has 0 N–H and O–H groups in total. The van der Waals surface area contributed by atoms with E-state index in [1.165, 1.54) is 0 Å².